The summed E-state index contributed by atoms with van der Waals surface area (Å²) in [6.07, 6.45) is 1.15. The molecular formula is C15H8Br2ClNO3S. The number of rotatable bonds is 3. The minimum absolute atomic E-state index is 0.0890. The quantitative estimate of drug-likeness (QED) is 0.385. The largest absolute Gasteiger partial charge is 0.378 e. The van der Waals surface area contributed by atoms with Crippen LogP contribution in [-0.2, 0) is 10.1 Å². The lowest BCUT2D eigenvalue weighted by Crippen LogP contribution is -2.10. The number of halogens is 3. The number of hydrogen-bond donors (Lipinski definition) is 0. The Morgan fingerprint density at radius 2 is 1.83 bits per heavy atom. The molecule has 3 rings (SSSR count). The predicted octanol–water partition coefficient (Wildman–Crippen LogP) is 5.18. The molecule has 8 heteroatoms. The van der Waals surface area contributed by atoms with Crippen LogP contribution in [0.3, 0.4) is 0 Å². The maximum absolute atomic E-state index is 12.4. The molecule has 0 saturated heterocycles. The highest BCUT2D eigenvalue weighted by Gasteiger charge is 2.20. The van der Waals surface area contributed by atoms with Crippen molar-refractivity contribution in [3.05, 3.63) is 62.8 Å². The molecule has 0 unspecified atom stereocenters. The van der Waals surface area contributed by atoms with Crippen molar-refractivity contribution in [1.82, 2.24) is 4.98 Å². The lowest BCUT2D eigenvalue weighted by molar-refractivity contribution is 0.484. The van der Waals surface area contributed by atoms with Crippen LogP contribution < -0.4 is 4.18 Å². The molecule has 118 valence electrons. The molecule has 1 aromatic heterocycles. The van der Waals surface area contributed by atoms with Gasteiger partial charge >= 0.3 is 10.1 Å². The molecule has 0 atom stereocenters. The van der Waals surface area contributed by atoms with Crippen molar-refractivity contribution in [2.75, 3.05) is 0 Å². The van der Waals surface area contributed by atoms with Gasteiger partial charge in [-0.25, -0.2) is 4.98 Å². The van der Waals surface area contributed by atoms with Crippen molar-refractivity contribution < 1.29 is 12.6 Å². The Kier molecular flexibility index (Phi) is 4.64. The van der Waals surface area contributed by atoms with Gasteiger partial charge in [0.05, 0.1) is 15.1 Å². The minimum Gasteiger partial charge on any atom is -0.378 e. The Labute approximate surface area is 154 Å². The highest BCUT2D eigenvalue weighted by Crippen LogP contribution is 2.35. The van der Waals surface area contributed by atoms with E-state index in [0.717, 1.165) is 17.0 Å². The normalized spacial score (nSPS) is 11.6. The number of nitrogens with zero attached hydrogens (tertiary/aromatic N) is 1. The standard InChI is InChI=1S/C15H8Br2ClNO3S/c16-12-7-10(8-19-15(12)18)23(20,21)22-13-6-5-9-3-1-2-4-11(9)14(13)17/h1-8H. The Morgan fingerprint density at radius 1 is 1.09 bits per heavy atom. The van der Waals surface area contributed by atoms with Crippen LogP contribution in [0.1, 0.15) is 0 Å². The fraction of sp³-hybridized carbons (Fsp3) is 0. The fourth-order valence-corrected chi connectivity index (χ4v) is 4.19. The summed E-state index contributed by atoms with van der Waals surface area (Å²) in [6, 6.07) is 12.3. The van der Waals surface area contributed by atoms with E-state index in [1.165, 1.54) is 6.07 Å². The van der Waals surface area contributed by atoms with E-state index in [4.69, 9.17) is 15.8 Å². The summed E-state index contributed by atoms with van der Waals surface area (Å²) >= 11 is 12.3. The lowest BCUT2D eigenvalue weighted by Gasteiger charge is -2.10. The molecule has 0 aliphatic rings. The monoisotopic (exact) mass is 475 g/mol. The maximum Gasteiger partial charge on any atom is 0.340 e. The molecule has 0 aliphatic carbocycles. The van der Waals surface area contributed by atoms with Crippen LogP contribution in [0.4, 0.5) is 0 Å². The Hall–Kier alpha value is -1.15. The lowest BCUT2D eigenvalue weighted by atomic mass is 10.1. The van der Waals surface area contributed by atoms with Gasteiger partial charge in [0, 0.05) is 0 Å². The van der Waals surface area contributed by atoms with Gasteiger partial charge in [0.25, 0.3) is 0 Å². The van der Waals surface area contributed by atoms with Gasteiger partial charge in [-0.2, -0.15) is 8.42 Å². The van der Waals surface area contributed by atoms with Gasteiger partial charge in [-0.1, -0.05) is 41.9 Å². The minimum atomic E-state index is -4.02. The molecule has 0 saturated carbocycles. The van der Waals surface area contributed by atoms with Crippen molar-refractivity contribution >= 4 is 64.4 Å². The molecule has 3 aromatic rings. The molecular weight excluding hydrogens is 469 g/mol. The molecule has 4 nitrogen and oxygen atoms in total. The summed E-state index contributed by atoms with van der Waals surface area (Å²) in [5.74, 6) is 0.203. The van der Waals surface area contributed by atoms with E-state index in [9.17, 15) is 8.42 Å². The summed E-state index contributed by atoms with van der Waals surface area (Å²) in [5.41, 5.74) is 0. The van der Waals surface area contributed by atoms with Crippen molar-refractivity contribution in [3.8, 4) is 5.75 Å². The third-order valence-corrected chi connectivity index (χ3v) is 6.24. The Balaban J connectivity index is 2.03. The fourth-order valence-electron chi connectivity index (χ4n) is 1.98. The molecule has 0 N–H and O–H groups in total. The molecule has 2 aromatic carbocycles. The van der Waals surface area contributed by atoms with Crippen LogP contribution in [0.2, 0.25) is 5.15 Å². The van der Waals surface area contributed by atoms with Crippen molar-refractivity contribution in [3.63, 3.8) is 0 Å². The van der Waals surface area contributed by atoms with Gasteiger partial charge < -0.3 is 4.18 Å². The zero-order chi connectivity index (χ0) is 16.6. The average molecular weight is 478 g/mol. The summed E-state index contributed by atoms with van der Waals surface area (Å²) in [7, 11) is -4.02. The molecule has 0 fully saturated rings. The molecule has 0 radical (unpaired) electrons. The second kappa shape index (κ2) is 6.39. The van der Waals surface area contributed by atoms with E-state index in [-0.39, 0.29) is 15.8 Å². The molecule has 0 bridgehead atoms. The van der Waals surface area contributed by atoms with Crippen molar-refractivity contribution in [2.45, 2.75) is 4.90 Å². The molecule has 1 heterocycles. The van der Waals surface area contributed by atoms with Gasteiger partial charge in [0.15, 0.2) is 5.75 Å². The van der Waals surface area contributed by atoms with Crippen LogP contribution >= 0.6 is 43.5 Å². The molecule has 0 spiro atoms. The van der Waals surface area contributed by atoms with Crippen LogP contribution in [-0.4, -0.2) is 13.4 Å². The van der Waals surface area contributed by atoms with E-state index < -0.39 is 10.1 Å². The number of pyridine rings is 1. The van der Waals surface area contributed by atoms with Gasteiger partial charge in [0.2, 0.25) is 0 Å². The third-order valence-electron chi connectivity index (χ3n) is 3.09. The SMILES string of the molecule is O=S(=O)(Oc1ccc2ccccc2c1Br)c1cnc(Cl)c(Br)c1. The average Bonchev–Trinajstić information content (AvgIpc) is 2.53. The predicted molar refractivity (Wildman–Crippen MR) is 96.4 cm³/mol. The van der Waals surface area contributed by atoms with Gasteiger partial charge in [-0.05, 0) is 54.8 Å². The summed E-state index contributed by atoms with van der Waals surface area (Å²) in [5, 5.41) is 2.01. The Bertz CT molecular complexity index is 1010. The van der Waals surface area contributed by atoms with E-state index >= 15 is 0 Å². The first-order valence-corrected chi connectivity index (χ1v) is 9.68. The second-order valence-electron chi connectivity index (χ2n) is 4.58. The molecule has 23 heavy (non-hydrogen) atoms. The van der Waals surface area contributed by atoms with Crippen molar-refractivity contribution in [2.24, 2.45) is 0 Å². The number of aromatic nitrogens is 1. The highest BCUT2D eigenvalue weighted by atomic mass is 79.9. The highest BCUT2D eigenvalue weighted by molar-refractivity contribution is 9.11. The number of benzene rings is 2. The second-order valence-corrected chi connectivity index (χ2v) is 8.13. The van der Waals surface area contributed by atoms with Gasteiger partial charge in [0.1, 0.15) is 10.0 Å². The number of fused-ring (bicyclic) bond motifs is 1. The van der Waals surface area contributed by atoms with Crippen LogP contribution in [0.5, 0.6) is 5.75 Å². The molecule has 0 amide bonds. The van der Waals surface area contributed by atoms with Crippen LogP contribution in [0.15, 0.2) is 62.5 Å². The van der Waals surface area contributed by atoms with E-state index in [0.29, 0.717) is 8.95 Å². The van der Waals surface area contributed by atoms with Gasteiger partial charge in [-0.15, -0.1) is 0 Å². The summed E-state index contributed by atoms with van der Waals surface area (Å²) in [6.45, 7) is 0. The first-order chi connectivity index (χ1) is 10.9. The van der Waals surface area contributed by atoms with Crippen molar-refractivity contribution in [1.29, 1.82) is 0 Å². The zero-order valence-electron chi connectivity index (χ0n) is 11.3. The smallest absolute Gasteiger partial charge is 0.340 e. The number of hydrogen-bond acceptors (Lipinski definition) is 4. The first-order valence-electron chi connectivity index (χ1n) is 6.31. The van der Waals surface area contributed by atoms with E-state index in [1.54, 1.807) is 12.1 Å². The third kappa shape index (κ3) is 3.38. The van der Waals surface area contributed by atoms with Crippen LogP contribution in [0, 0.1) is 0 Å². The van der Waals surface area contributed by atoms with E-state index in [2.05, 4.69) is 36.8 Å². The van der Waals surface area contributed by atoms with Gasteiger partial charge in [-0.3, -0.25) is 0 Å². The Morgan fingerprint density at radius 3 is 2.57 bits per heavy atom. The van der Waals surface area contributed by atoms with Crippen LogP contribution in [0.25, 0.3) is 10.8 Å². The summed E-state index contributed by atoms with van der Waals surface area (Å²) < 4.78 is 31.0. The summed E-state index contributed by atoms with van der Waals surface area (Å²) in [4.78, 5) is 3.72. The van der Waals surface area contributed by atoms with E-state index in [1.807, 2.05) is 24.3 Å². The topological polar surface area (TPSA) is 56.3 Å². The molecule has 0 aliphatic heterocycles. The zero-order valence-corrected chi connectivity index (χ0v) is 16.1. The first kappa shape index (κ1) is 16.7. The maximum atomic E-state index is 12.4.